The zero-order valence-electron chi connectivity index (χ0n) is 12.1. The topological polar surface area (TPSA) is 35.5 Å². The molecule has 0 aliphatic heterocycles. The normalized spacial score (nSPS) is 10.3. The quantitative estimate of drug-likeness (QED) is 0.553. The van der Waals surface area contributed by atoms with Crippen molar-refractivity contribution in [2.45, 2.75) is 19.8 Å². The number of halogens is 2. The van der Waals surface area contributed by atoms with Gasteiger partial charge in [0.05, 0.1) is 5.02 Å². The van der Waals surface area contributed by atoms with E-state index in [0.29, 0.717) is 21.5 Å². The molecular weight excluding hydrogens is 323 g/mol. The highest BCUT2D eigenvalue weighted by atomic mass is 35.5. The van der Waals surface area contributed by atoms with Gasteiger partial charge in [0, 0.05) is 5.02 Å². The Morgan fingerprint density at radius 3 is 2.45 bits per heavy atom. The van der Waals surface area contributed by atoms with Gasteiger partial charge in [-0.3, -0.25) is 0 Å². The summed E-state index contributed by atoms with van der Waals surface area (Å²) in [6.45, 7) is 1.89. The van der Waals surface area contributed by atoms with Gasteiger partial charge in [-0.15, -0.1) is 0 Å². The first-order chi connectivity index (χ1) is 10.6. The second kappa shape index (κ2) is 8.06. The van der Waals surface area contributed by atoms with Gasteiger partial charge in [0.2, 0.25) is 0 Å². The van der Waals surface area contributed by atoms with E-state index in [1.807, 2.05) is 12.1 Å². The molecule has 5 heteroatoms. The number of ether oxygens (including phenoxy) is 2. The highest BCUT2D eigenvalue weighted by Crippen LogP contribution is 2.27. The van der Waals surface area contributed by atoms with Crippen molar-refractivity contribution in [2.24, 2.45) is 0 Å². The lowest BCUT2D eigenvalue weighted by molar-refractivity contribution is -0.136. The molecule has 0 amide bonds. The first-order valence-electron chi connectivity index (χ1n) is 6.96. The third-order valence-electron chi connectivity index (χ3n) is 2.93. The van der Waals surface area contributed by atoms with Crippen LogP contribution in [0.5, 0.6) is 11.5 Å². The molecule has 0 saturated heterocycles. The van der Waals surface area contributed by atoms with Crippen LogP contribution in [-0.2, 0) is 11.2 Å². The van der Waals surface area contributed by atoms with Gasteiger partial charge in [0.15, 0.2) is 6.61 Å². The molecule has 3 nitrogen and oxygen atoms in total. The molecule has 0 aromatic heterocycles. The Morgan fingerprint density at radius 2 is 1.82 bits per heavy atom. The van der Waals surface area contributed by atoms with Crippen LogP contribution in [0, 0.1) is 0 Å². The summed E-state index contributed by atoms with van der Waals surface area (Å²) >= 11 is 11.7. The van der Waals surface area contributed by atoms with Crippen LogP contribution in [0.3, 0.4) is 0 Å². The van der Waals surface area contributed by atoms with E-state index in [2.05, 4.69) is 6.92 Å². The summed E-state index contributed by atoms with van der Waals surface area (Å²) in [5.74, 6) is 0.395. The van der Waals surface area contributed by atoms with Gasteiger partial charge < -0.3 is 9.47 Å². The molecule has 116 valence electrons. The van der Waals surface area contributed by atoms with E-state index in [1.165, 1.54) is 5.56 Å². The molecule has 2 aromatic rings. The Morgan fingerprint density at radius 1 is 1.09 bits per heavy atom. The Hall–Kier alpha value is -1.71. The minimum Gasteiger partial charge on any atom is -0.480 e. The number of hydrogen-bond acceptors (Lipinski definition) is 3. The molecule has 0 N–H and O–H groups in total. The number of esters is 1. The van der Waals surface area contributed by atoms with E-state index in [0.717, 1.165) is 12.8 Å². The molecular formula is C17H16Cl2O3. The first kappa shape index (κ1) is 16.7. The van der Waals surface area contributed by atoms with Gasteiger partial charge >= 0.3 is 5.97 Å². The summed E-state index contributed by atoms with van der Waals surface area (Å²) in [7, 11) is 0. The lowest BCUT2D eigenvalue weighted by Crippen LogP contribution is -2.17. The van der Waals surface area contributed by atoms with Crippen LogP contribution in [0.25, 0.3) is 0 Å². The van der Waals surface area contributed by atoms with Crippen LogP contribution in [0.2, 0.25) is 10.0 Å². The van der Waals surface area contributed by atoms with Crippen molar-refractivity contribution >= 4 is 29.2 Å². The van der Waals surface area contributed by atoms with Gasteiger partial charge in [0.1, 0.15) is 11.5 Å². The predicted molar refractivity (Wildman–Crippen MR) is 88.0 cm³/mol. The molecule has 0 atom stereocenters. The molecule has 0 saturated carbocycles. The lowest BCUT2D eigenvalue weighted by atomic mass is 10.1. The molecule has 2 aromatic carbocycles. The number of aryl methyl sites for hydroxylation is 1. The first-order valence-corrected chi connectivity index (χ1v) is 7.71. The average molecular weight is 339 g/mol. The van der Waals surface area contributed by atoms with E-state index < -0.39 is 5.97 Å². The highest BCUT2D eigenvalue weighted by Gasteiger charge is 2.08. The van der Waals surface area contributed by atoms with Crippen molar-refractivity contribution in [3.05, 3.63) is 58.1 Å². The van der Waals surface area contributed by atoms with Gasteiger partial charge in [-0.1, -0.05) is 48.7 Å². The zero-order chi connectivity index (χ0) is 15.9. The molecule has 0 unspecified atom stereocenters. The van der Waals surface area contributed by atoms with E-state index >= 15 is 0 Å². The fourth-order valence-corrected chi connectivity index (χ4v) is 2.37. The number of benzene rings is 2. The van der Waals surface area contributed by atoms with Crippen LogP contribution in [0.15, 0.2) is 42.5 Å². The largest absolute Gasteiger partial charge is 0.480 e. The lowest BCUT2D eigenvalue weighted by Gasteiger charge is -2.08. The molecule has 22 heavy (non-hydrogen) atoms. The Kier molecular flexibility index (Phi) is 6.10. The SMILES string of the molecule is CCCc1ccc(OC(=O)COc2ccc(Cl)cc2Cl)cc1. The van der Waals surface area contributed by atoms with Crippen molar-refractivity contribution in [2.75, 3.05) is 6.61 Å². The summed E-state index contributed by atoms with van der Waals surface area (Å²) < 4.78 is 10.5. The Bertz CT molecular complexity index is 639. The molecule has 0 bridgehead atoms. The maximum atomic E-state index is 11.8. The number of carbonyl (C=O) groups excluding carboxylic acids is 1. The Labute approximate surface area is 139 Å². The van der Waals surface area contributed by atoms with Crippen LogP contribution < -0.4 is 9.47 Å². The number of rotatable bonds is 6. The van der Waals surface area contributed by atoms with E-state index in [9.17, 15) is 4.79 Å². The summed E-state index contributed by atoms with van der Waals surface area (Å²) in [5, 5.41) is 0.858. The van der Waals surface area contributed by atoms with Crippen LogP contribution in [-0.4, -0.2) is 12.6 Å². The van der Waals surface area contributed by atoms with Crippen molar-refractivity contribution < 1.29 is 14.3 Å². The molecule has 0 fully saturated rings. The minimum atomic E-state index is -0.491. The maximum Gasteiger partial charge on any atom is 0.349 e. The van der Waals surface area contributed by atoms with E-state index in [4.69, 9.17) is 32.7 Å². The van der Waals surface area contributed by atoms with Crippen molar-refractivity contribution in [1.29, 1.82) is 0 Å². The fraction of sp³-hybridized carbons (Fsp3) is 0.235. The van der Waals surface area contributed by atoms with Crippen molar-refractivity contribution in [1.82, 2.24) is 0 Å². The highest BCUT2D eigenvalue weighted by molar-refractivity contribution is 6.35. The number of hydrogen-bond donors (Lipinski definition) is 0. The van der Waals surface area contributed by atoms with Crippen LogP contribution >= 0.6 is 23.2 Å². The van der Waals surface area contributed by atoms with Crippen LogP contribution in [0.1, 0.15) is 18.9 Å². The van der Waals surface area contributed by atoms with Crippen LogP contribution in [0.4, 0.5) is 0 Å². The van der Waals surface area contributed by atoms with Gasteiger partial charge in [0.25, 0.3) is 0 Å². The third-order valence-corrected chi connectivity index (χ3v) is 3.46. The average Bonchev–Trinajstić information content (AvgIpc) is 2.49. The molecule has 0 radical (unpaired) electrons. The summed E-state index contributed by atoms with van der Waals surface area (Å²) in [6, 6.07) is 12.2. The smallest absolute Gasteiger partial charge is 0.349 e. The minimum absolute atomic E-state index is 0.224. The second-order valence-corrected chi connectivity index (χ2v) is 5.58. The summed E-state index contributed by atoms with van der Waals surface area (Å²) in [6.07, 6.45) is 2.08. The molecule has 0 aliphatic rings. The third kappa shape index (κ3) is 4.93. The van der Waals surface area contributed by atoms with E-state index in [1.54, 1.807) is 30.3 Å². The van der Waals surface area contributed by atoms with Crippen molar-refractivity contribution in [3.63, 3.8) is 0 Å². The summed E-state index contributed by atoms with van der Waals surface area (Å²) in [5.41, 5.74) is 1.21. The van der Waals surface area contributed by atoms with Gasteiger partial charge in [-0.2, -0.15) is 0 Å². The maximum absolute atomic E-state index is 11.8. The number of carbonyl (C=O) groups is 1. The molecule has 2 rings (SSSR count). The monoisotopic (exact) mass is 338 g/mol. The van der Waals surface area contributed by atoms with Gasteiger partial charge in [-0.25, -0.2) is 4.79 Å². The Balaban J connectivity index is 1.87. The predicted octanol–water partition coefficient (Wildman–Crippen LogP) is 4.93. The molecule has 0 aliphatic carbocycles. The molecule has 0 spiro atoms. The molecule has 0 heterocycles. The summed E-state index contributed by atoms with van der Waals surface area (Å²) in [4.78, 5) is 11.8. The second-order valence-electron chi connectivity index (χ2n) is 4.73. The van der Waals surface area contributed by atoms with Gasteiger partial charge in [-0.05, 0) is 42.3 Å². The standard InChI is InChI=1S/C17H16Cl2O3/c1-2-3-12-4-7-14(8-5-12)22-17(20)11-21-16-9-6-13(18)10-15(16)19/h4-10H,2-3,11H2,1H3. The zero-order valence-corrected chi connectivity index (χ0v) is 13.7. The fourth-order valence-electron chi connectivity index (χ4n) is 1.90. The van der Waals surface area contributed by atoms with E-state index in [-0.39, 0.29) is 6.61 Å². The van der Waals surface area contributed by atoms with Crippen molar-refractivity contribution in [3.8, 4) is 11.5 Å².